The number of fused-ring (bicyclic) bond motifs is 1. The van der Waals surface area contributed by atoms with Crippen molar-refractivity contribution in [2.45, 2.75) is 6.92 Å². The van der Waals surface area contributed by atoms with Crippen molar-refractivity contribution in [2.24, 2.45) is 14.1 Å². The van der Waals surface area contributed by atoms with Crippen LogP contribution in [0.15, 0.2) is 33.9 Å². The summed E-state index contributed by atoms with van der Waals surface area (Å²) in [4.78, 5) is 41.4. The Morgan fingerprint density at radius 3 is 2.42 bits per heavy atom. The molecule has 26 heavy (non-hydrogen) atoms. The maximum absolute atomic E-state index is 13.3. The molecule has 1 aromatic carbocycles. The molecule has 134 valence electrons. The molecule has 2 aromatic heterocycles. The number of nitrogens with one attached hydrogen (secondary N) is 1. The topological polar surface area (TPSA) is 86.0 Å². The van der Waals surface area contributed by atoms with Crippen LogP contribution in [0.25, 0.3) is 11.0 Å². The summed E-state index contributed by atoms with van der Waals surface area (Å²) in [5.74, 6) is -2.86. The third-order valence-corrected chi connectivity index (χ3v) is 3.96. The van der Waals surface area contributed by atoms with Gasteiger partial charge in [0.25, 0.3) is 11.5 Å². The zero-order valence-corrected chi connectivity index (χ0v) is 14.1. The van der Waals surface area contributed by atoms with Gasteiger partial charge in [0.1, 0.15) is 5.65 Å². The number of carbonyl (C=O) groups is 1. The Labute approximate surface area is 145 Å². The molecule has 3 aromatic rings. The van der Waals surface area contributed by atoms with Crippen LogP contribution in [0.1, 0.15) is 16.1 Å². The van der Waals surface area contributed by atoms with Gasteiger partial charge in [-0.3, -0.25) is 18.7 Å². The molecule has 7 nitrogen and oxygen atoms in total. The molecular formula is C17H14F2N4O3. The Morgan fingerprint density at radius 1 is 1.08 bits per heavy atom. The number of aromatic nitrogens is 3. The van der Waals surface area contributed by atoms with E-state index in [1.54, 1.807) is 6.92 Å². The van der Waals surface area contributed by atoms with E-state index < -0.39 is 28.8 Å². The molecule has 0 aliphatic carbocycles. The van der Waals surface area contributed by atoms with Crippen molar-refractivity contribution in [3.05, 3.63) is 68.0 Å². The van der Waals surface area contributed by atoms with E-state index in [1.807, 2.05) is 0 Å². The zero-order valence-electron chi connectivity index (χ0n) is 14.1. The van der Waals surface area contributed by atoms with Gasteiger partial charge in [-0.05, 0) is 25.1 Å². The lowest BCUT2D eigenvalue weighted by molar-refractivity contribution is 0.102. The summed E-state index contributed by atoms with van der Waals surface area (Å²) in [6, 6.07) is 4.30. The first-order chi connectivity index (χ1) is 12.2. The lowest BCUT2D eigenvalue weighted by atomic mass is 10.1. The number of pyridine rings is 1. The predicted octanol–water partition coefficient (Wildman–Crippen LogP) is 1.47. The van der Waals surface area contributed by atoms with Crippen molar-refractivity contribution in [1.82, 2.24) is 14.1 Å². The van der Waals surface area contributed by atoms with E-state index in [4.69, 9.17) is 0 Å². The van der Waals surface area contributed by atoms with Crippen LogP contribution in [0.5, 0.6) is 0 Å². The van der Waals surface area contributed by atoms with Gasteiger partial charge in [-0.15, -0.1) is 0 Å². The van der Waals surface area contributed by atoms with Crippen LogP contribution >= 0.6 is 0 Å². The number of aryl methyl sites for hydroxylation is 2. The fraction of sp³-hybridized carbons (Fsp3) is 0.176. The SMILES string of the molecule is Cc1cc(C(=O)Nc2ccc(F)c(F)c2)c2c(=O)n(C)c(=O)n(C)c2n1. The lowest BCUT2D eigenvalue weighted by Crippen LogP contribution is -2.38. The van der Waals surface area contributed by atoms with Crippen LogP contribution in [0.2, 0.25) is 0 Å². The van der Waals surface area contributed by atoms with Crippen LogP contribution in [0, 0.1) is 18.6 Å². The molecule has 0 aliphatic heterocycles. The van der Waals surface area contributed by atoms with Gasteiger partial charge in [0.2, 0.25) is 0 Å². The number of amides is 1. The van der Waals surface area contributed by atoms with Gasteiger partial charge in [0, 0.05) is 31.5 Å². The summed E-state index contributed by atoms with van der Waals surface area (Å²) < 4.78 is 28.4. The number of rotatable bonds is 2. The first-order valence-electron chi connectivity index (χ1n) is 7.54. The van der Waals surface area contributed by atoms with Gasteiger partial charge < -0.3 is 5.32 Å². The molecular weight excluding hydrogens is 346 g/mol. The highest BCUT2D eigenvalue weighted by molar-refractivity contribution is 6.11. The second kappa shape index (κ2) is 6.17. The minimum absolute atomic E-state index is 0.0200. The van der Waals surface area contributed by atoms with Crippen LogP contribution < -0.4 is 16.6 Å². The minimum Gasteiger partial charge on any atom is -0.322 e. The highest BCUT2D eigenvalue weighted by atomic mass is 19.2. The smallest absolute Gasteiger partial charge is 0.322 e. The monoisotopic (exact) mass is 360 g/mol. The average Bonchev–Trinajstić information content (AvgIpc) is 2.60. The normalized spacial score (nSPS) is 11.0. The van der Waals surface area contributed by atoms with Crippen LogP contribution in [-0.4, -0.2) is 20.0 Å². The molecule has 0 spiro atoms. The molecule has 0 aliphatic rings. The van der Waals surface area contributed by atoms with Gasteiger partial charge in [0.15, 0.2) is 11.6 Å². The Balaban J connectivity index is 2.21. The third-order valence-electron chi connectivity index (χ3n) is 3.96. The Bertz CT molecular complexity index is 1180. The van der Waals surface area contributed by atoms with E-state index in [-0.39, 0.29) is 22.3 Å². The van der Waals surface area contributed by atoms with Crippen molar-refractivity contribution in [1.29, 1.82) is 0 Å². The fourth-order valence-electron chi connectivity index (χ4n) is 2.63. The molecule has 0 fully saturated rings. The van der Waals surface area contributed by atoms with Gasteiger partial charge in [-0.25, -0.2) is 18.6 Å². The number of hydrogen-bond acceptors (Lipinski definition) is 4. The first kappa shape index (κ1) is 17.5. The molecule has 0 unspecified atom stereocenters. The highest BCUT2D eigenvalue weighted by Crippen LogP contribution is 2.18. The fourth-order valence-corrected chi connectivity index (χ4v) is 2.63. The van der Waals surface area contributed by atoms with Gasteiger partial charge in [-0.2, -0.15) is 0 Å². The Morgan fingerprint density at radius 2 is 1.77 bits per heavy atom. The summed E-state index contributed by atoms with van der Waals surface area (Å²) in [6.07, 6.45) is 0. The van der Waals surface area contributed by atoms with E-state index in [2.05, 4.69) is 10.3 Å². The number of halogens is 2. The predicted molar refractivity (Wildman–Crippen MR) is 91.3 cm³/mol. The number of carbonyl (C=O) groups excluding carboxylic acids is 1. The standard InChI is InChI=1S/C17H14F2N4O3/c1-8-6-10(15(24)21-9-4-5-11(18)12(19)7-9)13-14(20-8)22(2)17(26)23(3)16(13)25/h4-7H,1-3H3,(H,21,24). The van der Waals surface area contributed by atoms with Crippen molar-refractivity contribution < 1.29 is 13.6 Å². The number of benzene rings is 1. The second-order valence-corrected chi connectivity index (χ2v) is 5.80. The Hall–Kier alpha value is -3.36. The molecule has 3 rings (SSSR count). The quantitative estimate of drug-likeness (QED) is 0.750. The Kier molecular flexibility index (Phi) is 4.15. The summed E-state index contributed by atoms with van der Waals surface area (Å²) >= 11 is 0. The number of nitrogens with zero attached hydrogens (tertiary/aromatic N) is 3. The molecule has 2 heterocycles. The summed E-state index contributed by atoms with van der Waals surface area (Å²) in [5, 5.41) is 2.38. The zero-order chi connectivity index (χ0) is 19.2. The lowest BCUT2D eigenvalue weighted by Gasteiger charge is -2.12. The van der Waals surface area contributed by atoms with Gasteiger partial charge >= 0.3 is 5.69 Å². The summed E-state index contributed by atoms with van der Waals surface area (Å²) in [6.45, 7) is 1.61. The third kappa shape index (κ3) is 2.77. The molecule has 9 heteroatoms. The highest BCUT2D eigenvalue weighted by Gasteiger charge is 2.19. The largest absolute Gasteiger partial charge is 0.332 e. The van der Waals surface area contributed by atoms with Gasteiger partial charge in [-0.1, -0.05) is 0 Å². The minimum atomic E-state index is -1.11. The molecule has 0 atom stereocenters. The van der Waals surface area contributed by atoms with Gasteiger partial charge in [0.05, 0.1) is 10.9 Å². The molecule has 0 saturated heterocycles. The van der Waals surface area contributed by atoms with E-state index in [9.17, 15) is 23.2 Å². The number of anilines is 1. The summed E-state index contributed by atoms with van der Waals surface area (Å²) in [7, 11) is 2.73. The average molecular weight is 360 g/mol. The maximum Gasteiger partial charge on any atom is 0.332 e. The van der Waals surface area contributed by atoms with Crippen LogP contribution in [-0.2, 0) is 14.1 Å². The van der Waals surface area contributed by atoms with Crippen LogP contribution in [0.4, 0.5) is 14.5 Å². The first-order valence-corrected chi connectivity index (χ1v) is 7.54. The van der Waals surface area contributed by atoms with E-state index in [0.717, 1.165) is 21.3 Å². The second-order valence-electron chi connectivity index (χ2n) is 5.80. The molecule has 0 saturated carbocycles. The maximum atomic E-state index is 13.3. The molecule has 0 bridgehead atoms. The summed E-state index contributed by atoms with van der Waals surface area (Å²) in [5.41, 5.74) is -0.769. The van der Waals surface area contributed by atoms with Crippen molar-refractivity contribution in [3.8, 4) is 0 Å². The van der Waals surface area contributed by atoms with E-state index >= 15 is 0 Å². The molecule has 0 radical (unpaired) electrons. The van der Waals surface area contributed by atoms with Crippen molar-refractivity contribution in [2.75, 3.05) is 5.32 Å². The molecule has 1 N–H and O–H groups in total. The van der Waals surface area contributed by atoms with Crippen molar-refractivity contribution >= 4 is 22.6 Å². The van der Waals surface area contributed by atoms with Crippen LogP contribution in [0.3, 0.4) is 0 Å². The van der Waals surface area contributed by atoms with E-state index in [1.165, 1.54) is 26.2 Å². The van der Waals surface area contributed by atoms with E-state index in [0.29, 0.717) is 5.69 Å². The molecule has 1 amide bonds. The number of hydrogen-bond donors (Lipinski definition) is 1. The van der Waals surface area contributed by atoms with Crippen molar-refractivity contribution in [3.63, 3.8) is 0 Å².